The molecule has 10 heteroatoms. The van der Waals surface area contributed by atoms with Crippen LogP contribution in [-0.4, -0.2) is 64.0 Å². The van der Waals surface area contributed by atoms with Crippen LogP contribution < -0.4 is 5.73 Å². The van der Waals surface area contributed by atoms with Gasteiger partial charge in [-0.05, 0) is 59.6 Å². The Balaban J connectivity index is 1.84. The number of nitrogens with two attached hydrogens (primary N) is 1. The van der Waals surface area contributed by atoms with Crippen LogP contribution in [0.1, 0.15) is 89.7 Å². The number of carbonyl (C=O) groups excluding carboxylic acids is 4. The number of rotatable bonds is 6. The second-order valence-electron chi connectivity index (χ2n) is 12.8. The second-order valence-corrected chi connectivity index (χ2v) is 12.8. The molecule has 0 aromatic heterocycles. The van der Waals surface area contributed by atoms with Gasteiger partial charge in [-0.25, -0.2) is 9.18 Å². The summed E-state index contributed by atoms with van der Waals surface area (Å²) in [5.74, 6) is -2.36. The van der Waals surface area contributed by atoms with E-state index >= 15 is 4.39 Å². The Hall–Kier alpha value is -3.43. The zero-order chi connectivity index (χ0) is 29.5. The summed E-state index contributed by atoms with van der Waals surface area (Å²) in [5, 5.41) is 0. The van der Waals surface area contributed by atoms with Crippen LogP contribution in [-0.2, 0) is 25.6 Å². The SMILES string of the molecule is CC(C)(C)OC(=O)CC[C@@H](C(N)=O)N1Cc2c(ccc(C3=CCN(C(=O)OC(C)(C)C)CC3(C)C)c2F)C1=O. The Kier molecular flexibility index (Phi) is 8.20. The summed E-state index contributed by atoms with van der Waals surface area (Å²) in [6, 6.07) is 2.03. The van der Waals surface area contributed by atoms with Crippen molar-refractivity contribution in [1.82, 2.24) is 9.80 Å². The van der Waals surface area contributed by atoms with E-state index in [1.165, 1.54) is 4.90 Å². The van der Waals surface area contributed by atoms with Gasteiger partial charge in [0.2, 0.25) is 5.91 Å². The van der Waals surface area contributed by atoms with Crippen molar-refractivity contribution >= 4 is 29.5 Å². The number of hydrogen-bond donors (Lipinski definition) is 1. The zero-order valence-corrected chi connectivity index (χ0v) is 24.1. The summed E-state index contributed by atoms with van der Waals surface area (Å²) in [6.07, 6.45) is 1.22. The third-order valence-electron chi connectivity index (χ3n) is 6.58. The van der Waals surface area contributed by atoms with E-state index in [9.17, 15) is 19.2 Å². The van der Waals surface area contributed by atoms with Gasteiger partial charge in [-0.3, -0.25) is 14.4 Å². The molecule has 0 spiro atoms. The van der Waals surface area contributed by atoms with Crippen molar-refractivity contribution in [3.63, 3.8) is 0 Å². The van der Waals surface area contributed by atoms with Crippen LogP contribution in [0.25, 0.3) is 5.57 Å². The molecule has 0 aliphatic carbocycles. The van der Waals surface area contributed by atoms with Gasteiger partial charge in [-0.1, -0.05) is 26.0 Å². The molecular weight excluding hydrogens is 505 g/mol. The number of hydrogen-bond acceptors (Lipinski definition) is 6. The monoisotopic (exact) mass is 545 g/mol. The maximum atomic E-state index is 16.0. The number of esters is 1. The highest BCUT2D eigenvalue weighted by Gasteiger charge is 2.40. The third-order valence-corrected chi connectivity index (χ3v) is 6.58. The molecule has 2 aliphatic heterocycles. The molecule has 1 aromatic rings. The molecule has 1 aromatic carbocycles. The topological polar surface area (TPSA) is 119 Å². The van der Waals surface area contributed by atoms with Crippen LogP contribution in [0.5, 0.6) is 0 Å². The van der Waals surface area contributed by atoms with E-state index in [4.69, 9.17) is 15.2 Å². The fourth-order valence-electron chi connectivity index (χ4n) is 4.98. The van der Waals surface area contributed by atoms with E-state index in [-0.39, 0.29) is 37.1 Å². The minimum Gasteiger partial charge on any atom is -0.460 e. The highest BCUT2D eigenvalue weighted by atomic mass is 19.1. The lowest BCUT2D eigenvalue weighted by Gasteiger charge is -2.39. The quantitative estimate of drug-likeness (QED) is 0.529. The predicted octanol–water partition coefficient (Wildman–Crippen LogP) is 4.42. The molecule has 0 bridgehead atoms. The minimum atomic E-state index is -1.09. The Bertz CT molecular complexity index is 1210. The average Bonchev–Trinajstić information content (AvgIpc) is 3.08. The van der Waals surface area contributed by atoms with Crippen molar-refractivity contribution in [3.05, 3.63) is 40.7 Å². The minimum absolute atomic E-state index is 0.0306. The van der Waals surface area contributed by atoms with Gasteiger partial charge >= 0.3 is 12.1 Å². The maximum absolute atomic E-state index is 16.0. The largest absolute Gasteiger partial charge is 0.460 e. The first-order chi connectivity index (χ1) is 17.8. The molecule has 39 heavy (non-hydrogen) atoms. The number of benzene rings is 1. The van der Waals surface area contributed by atoms with Gasteiger partial charge in [-0.15, -0.1) is 0 Å². The van der Waals surface area contributed by atoms with Gasteiger partial charge in [0, 0.05) is 41.6 Å². The van der Waals surface area contributed by atoms with Crippen LogP contribution in [0, 0.1) is 11.2 Å². The number of amides is 3. The number of primary amides is 1. The van der Waals surface area contributed by atoms with Crippen LogP contribution in [0.4, 0.5) is 9.18 Å². The highest BCUT2D eigenvalue weighted by Crippen LogP contribution is 2.41. The molecule has 2 N–H and O–H groups in total. The lowest BCUT2D eigenvalue weighted by Crippen LogP contribution is -2.45. The summed E-state index contributed by atoms with van der Waals surface area (Å²) in [4.78, 5) is 53.0. The number of nitrogens with zero attached hydrogens (tertiary/aromatic N) is 2. The molecule has 0 saturated heterocycles. The number of carbonyl (C=O) groups is 4. The second kappa shape index (κ2) is 10.6. The van der Waals surface area contributed by atoms with Crippen molar-refractivity contribution < 1.29 is 33.0 Å². The molecular formula is C29H40FN3O6. The Morgan fingerprint density at radius 2 is 1.64 bits per heavy atom. The number of fused-ring (bicyclic) bond motifs is 1. The van der Waals surface area contributed by atoms with Crippen molar-refractivity contribution in [3.8, 4) is 0 Å². The lowest BCUT2D eigenvalue weighted by atomic mass is 9.77. The average molecular weight is 546 g/mol. The third kappa shape index (κ3) is 6.96. The summed E-state index contributed by atoms with van der Waals surface area (Å²) in [7, 11) is 0. The number of halogens is 1. The van der Waals surface area contributed by atoms with E-state index in [1.807, 2.05) is 13.8 Å². The van der Waals surface area contributed by atoms with E-state index < -0.39 is 52.4 Å². The number of ether oxygens (including phenoxy) is 2. The standard InChI is InChI=1S/C29H40FN3O6/c1-27(2,3)38-22(34)12-11-21(24(31)35)33-15-19-17(25(33)36)9-10-18(23(19)30)20-13-14-32(16-29(20,7)8)26(37)39-28(4,5)6/h9-10,13,21H,11-12,14-16H2,1-8H3,(H2,31,35)/t21-/m0/s1. The summed E-state index contributed by atoms with van der Waals surface area (Å²) < 4.78 is 26.8. The summed E-state index contributed by atoms with van der Waals surface area (Å²) in [5.41, 5.74) is 5.05. The first kappa shape index (κ1) is 30.1. The molecule has 214 valence electrons. The van der Waals surface area contributed by atoms with Crippen molar-refractivity contribution in [2.24, 2.45) is 11.1 Å². The molecule has 0 fully saturated rings. The van der Waals surface area contributed by atoms with Crippen LogP contribution in [0.15, 0.2) is 18.2 Å². The fraction of sp³-hybridized carbons (Fsp3) is 0.586. The van der Waals surface area contributed by atoms with E-state index in [0.717, 1.165) is 0 Å². The molecule has 9 nitrogen and oxygen atoms in total. The maximum Gasteiger partial charge on any atom is 0.410 e. The van der Waals surface area contributed by atoms with Gasteiger partial charge in [0.1, 0.15) is 23.1 Å². The molecule has 0 saturated carbocycles. The fourth-order valence-corrected chi connectivity index (χ4v) is 4.98. The van der Waals surface area contributed by atoms with E-state index in [2.05, 4.69) is 0 Å². The normalized spacial score (nSPS) is 17.9. The highest BCUT2D eigenvalue weighted by molar-refractivity contribution is 6.01. The van der Waals surface area contributed by atoms with Gasteiger partial charge in [0.15, 0.2) is 0 Å². The molecule has 2 heterocycles. The first-order valence-corrected chi connectivity index (χ1v) is 13.1. The summed E-state index contributed by atoms with van der Waals surface area (Å²) in [6.45, 7) is 14.9. The van der Waals surface area contributed by atoms with Crippen molar-refractivity contribution in [1.29, 1.82) is 0 Å². The van der Waals surface area contributed by atoms with Gasteiger partial charge < -0.3 is 25.0 Å². The van der Waals surface area contributed by atoms with Crippen LogP contribution >= 0.6 is 0 Å². The van der Waals surface area contributed by atoms with Gasteiger partial charge in [0.05, 0.1) is 6.54 Å². The molecule has 0 radical (unpaired) electrons. The van der Waals surface area contributed by atoms with E-state index in [0.29, 0.717) is 17.7 Å². The molecule has 3 amide bonds. The molecule has 0 unspecified atom stereocenters. The van der Waals surface area contributed by atoms with Gasteiger partial charge in [0.25, 0.3) is 5.91 Å². The smallest absolute Gasteiger partial charge is 0.410 e. The zero-order valence-electron chi connectivity index (χ0n) is 24.1. The predicted molar refractivity (Wildman–Crippen MR) is 144 cm³/mol. The van der Waals surface area contributed by atoms with E-state index in [1.54, 1.807) is 64.7 Å². The Morgan fingerprint density at radius 1 is 1.05 bits per heavy atom. The molecule has 2 aliphatic rings. The van der Waals surface area contributed by atoms with Crippen molar-refractivity contribution in [2.45, 2.75) is 92.0 Å². The lowest BCUT2D eigenvalue weighted by molar-refractivity contribution is -0.155. The molecule has 1 atom stereocenters. The first-order valence-electron chi connectivity index (χ1n) is 13.1. The van der Waals surface area contributed by atoms with Crippen LogP contribution in [0.2, 0.25) is 0 Å². The van der Waals surface area contributed by atoms with Crippen LogP contribution in [0.3, 0.4) is 0 Å². The Labute approximate surface area is 229 Å². The van der Waals surface area contributed by atoms with Gasteiger partial charge in [-0.2, -0.15) is 0 Å². The van der Waals surface area contributed by atoms with Crippen molar-refractivity contribution in [2.75, 3.05) is 13.1 Å². The summed E-state index contributed by atoms with van der Waals surface area (Å²) >= 11 is 0. The molecule has 3 rings (SSSR count). The Morgan fingerprint density at radius 3 is 2.18 bits per heavy atom.